The predicted octanol–water partition coefficient (Wildman–Crippen LogP) is 2.24. The van der Waals surface area contributed by atoms with E-state index in [0.29, 0.717) is 19.8 Å². The maximum absolute atomic E-state index is 12.5. The van der Waals surface area contributed by atoms with E-state index in [-0.39, 0.29) is 17.9 Å². The third kappa shape index (κ3) is 4.71. The minimum Gasteiger partial charge on any atom is -0.383 e. The number of carbonyl (C=O) groups is 1. The fourth-order valence-electron chi connectivity index (χ4n) is 2.32. The second-order valence-electron chi connectivity index (χ2n) is 4.94. The first-order valence-electron chi connectivity index (χ1n) is 6.94. The van der Waals surface area contributed by atoms with E-state index in [1.54, 1.807) is 14.2 Å². The van der Waals surface area contributed by atoms with Gasteiger partial charge in [-0.1, -0.05) is 30.3 Å². The number of hydrogen-bond donors (Lipinski definition) is 0. The molecule has 1 rings (SSSR count). The Hall–Kier alpha value is -1.23. The molecule has 2 unspecified atom stereocenters. The van der Waals surface area contributed by atoms with E-state index < -0.39 is 0 Å². The molecule has 0 radical (unpaired) electrons. The van der Waals surface area contributed by atoms with Gasteiger partial charge >= 0.3 is 0 Å². The SMILES string of the molecule is COCCN(C(C)COC)C(C)C(=O)c1ccccc1. The second-order valence-corrected chi connectivity index (χ2v) is 4.94. The van der Waals surface area contributed by atoms with Crippen LogP contribution in [0.25, 0.3) is 0 Å². The Balaban J connectivity index is 2.80. The lowest BCUT2D eigenvalue weighted by Crippen LogP contribution is -2.47. The van der Waals surface area contributed by atoms with Crippen LogP contribution in [-0.4, -0.2) is 56.7 Å². The zero-order valence-electron chi connectivity index (χ0n) is 12.8. The summed E-state index contributed by atoms with van der Waals surface area (Å²) in [4.78, 5) is 14.7. The van der Waals surface area contributed by atoms with Crippen LogP contribution in [0.3, 0.4) is 0 Å². The van der Waals surface area contributed by atoms with E-state index in [2.05, 4.69) is 11.8 Å². The summed E-state index contributed by atoms with van der Waals surface area (Å²) >= 11 is 0. The Morgan fingerprint density at radius 2 is 1.80 bits per heavy atom. The van der Waals surface area contributed by atoms with Crippen LogP contribution < -0.4 is 0 Å². The summed E-state index contributed by atoms with van der Waals surface area (Å²) in [5.41, 5.74) is 0.743. The largest absolute Gasteiger partial charge is 0.383 e. The number of carbonyl (C=O) groups excluding carboxylic acids is 1. The molecule has 0 aliphatic heterocycles. The summed E-state index contributed by atoms with van der Waals surface area (Å²) in [5, 5.41) is 0. The second kappa shape index (κ2) is 8.84. The fourth-order valence-corrected chi connectivity index (χ4v) is 2.32. The third-order valence-corrected chi connectivity index (χ3v) is 3.46. The maximum atomic E-state index is 12.5. The quantitative estimate of drug-likeness (QED) is 0.650. The molecule has 2 atom stereocenters. The van der Waals surface area contributed by atoms with Crippen LogP contribution in [0.5, 0.6) is 0 Å². The van der Waals surface area contributed by atoms with Gasteiger partial charge in [0.05, 0.1) is 19.3 Å². The Kier molecular flexibility index (Phi) is 7.44. The van der Waals surface area contributed by atoms with Crippen LogP contribution in [0.1, 0.15) is 24.2 Å². The molecule has 0 aliphatic carbocycles. The van der Waals surface area contributed by atoms with Crippen molar-refractivity contribution in [3.63, 3.8) is 0 Å². The molecular weight excluding hydrogens is 254 g/mol. The number of ketones is 1. The van der Waals surface area contributed by atoms with E-state index in [1.807, 2.05) is 37.3 Å². The van der Waals surface area contributed by atoms with Gasteiger partial charge in [-0.3, -0.25) is 9.69 Å². The Bertz CT molecular complexity index is 394. The van der Waals surface area contributed by atoms with Gasteiger partial charge < -0.3 is 9.47 Å². The van der Waals surface area contributed by atoms with E-state index in [9.17, 15) is 4.79 Å². The van der Waals surface area contributed by atoms with Crippen molar-refractivity contribution in [2.75, 3.05) is 34.0 Å². The first kappa shape index (κ1) is 16.8. The van der Waals surface area contributed by atoms with Gasteiger partial charge in [-0.05, 0) is 13.8 Å². The molecule has 1 aromatic carbocycles. The van der Waals surface area contributed by atoms with Gasteiger partial charge in [-0.2, -0.15) is 0 Å². The van der Waals surface area contributed by atoms with Crippen molar-refractivity contribution in [1.82, 2.24) is 4.90 Å². The summed E-state index contributed by atoms with van der Waals surface area (Å²) in [7, 11) is 3.34. The number of benzene rings is 1. The molecular formula is C16H25NO3. The van der Waals surface area contributed by atoms with Gasteiger partial charge in [0.25, 0.3) is 0 Å². The average Bonchev–Trinajstić information content (AvgIpc) is 2.48. The van der Waals surface area contributed by atoms with Crippen molar-refractivity contribution in [3.05, 3.63) is 35.9 Å². The number of rotatable bonds is 9. The van der Waals surface area contributed by atoms with Crippen molar-refractivity contribution in [2.45, 2.75) is 25.9 Å². The zero-order chi connectivity index (χ0) is 15.0. The molecule has 0 aliphatic rings. The van der Waals surface area contributed by atoms with E-state index in [4.69, 9.17) is 9.47 Å². The van der Waals surface area contributed by atoms with Crippen molar-refractivity contribution < 1.29 is 14.3 Å². The molecule has 112 valence electrons. The van der Waals surface area contributed by atoms with Gasteiger partial charge in [0.15, 0.2) is 5.78 Å². The maximum Gasteiger partial charge on any atom is 0.179 e. The lowest BCUT2D eigenvalue weighted by Gasteiger charge is -2.33. The molecule has 0 N–H and O–H groups in total. The van der Waals surface area contributed by atoms with Crippen molar-refractivity contribution in [3.8, 4) is 0 Å². The van der Waals surface area contributed by atoms with E-state index >= 15 is 0 Å². The minimum atomic E-state index is -0.197. The molecule has 0 bridgehead atoms. The van der Waals surface area contributed by atoms with Crippen molar-refractivity contribution in [1.29, 1.82) is 0 Å². The third-order valence-electron chi connectivity index (χ3n) is 3.46. The van der Waals surface area contributed by atoms with Gasteiger partial charge in [0.2, 0.25) is 0 Å². The van der Waals surface area contributed by atoms with Gasteiger partial charge in [0.1, 0.15) is 0 Å². The minimum absolute atomic E-state index is 0.129. The Morgan fingerprint density at radius 3 is 2.35 bits per heavy atom. The molecule has 0 saturated carbocycles. The van der Waals surface area contributed by atoms with Crippen LogP contribution in [0.15, 0.2) is 30.3 Å². The predicted molar refractivity (Wildman–Crippen MR) is 80.2 cm³/mol. The monoisotopic (exact) mass is 279 g/mol. The number of hydrogen-bond acceptors (Lipinski definition) is 4. The normalized spacial score (nSPS) is 14.2. The smallest absolute Gasteiger partial charge is 0.179 e. The van der Waals surface area contributed by atoms with Crippen molar-refractivity contribution in [2.24, 2.45) is 0 Å². The highest BCUT2D eigenvalue weighted by Gasteiger charge is 2.26. The standard InChI is InChI=1S/C16H25NO3/c1-13(12-20-4)17(10-11-19-3)14(2)16(18)15-8-6-5-7-9-15/h5-9,13-14H,10-12H2,1-4H3. The molecule has 0 saturated heterocycles. The summed E-state index contributed by atoms with van der Waals surface area (Å²) in [6.45, 7) is 5.91. The highest BCUT2D eigenvalue weighted by molar-refractivity contribution is 5.99. The number of methoxy groups -OCH3 is 2. The van der Waals surface area contributed by atoms with E-state index in [1.165, 1.54) is 0 Å². The molecule has 20 heavy (non-hydrogen) atoms. The van der Waals surface area contributed by atoms with Gasteiger partial charge in [-0.15, -0.1) is 0 Å². The molecule has 0 fully saturated rings. The molecule has 1 aromatic rings. The zero-order valence-corrected chi connectivity index (χ0v) is 12.8. The van der Waals surface area contributed by atoms with Crippen LogP contribution in [-0.2, 0) is 9.47 Å². The van der Waals surface area contributed by atoms with Crippen LogP contribution in [0.4, 0.5) is 0 Å². The van der Waals surface area contributed by atoms with Gasteiger partial charge in [0, 0.05) is 32.4 Å². The Morgan fingerprint density at radius 1 is 1.15 bits per heavy atom. The van der Waals surface area contributed by atoms with Crippen LogP contribution in [0.2, 0.25) is 0 Å². The molecule has 0 heterocycles. The van der Waals surface area contributed by atoms with E-state index in [0.717, 1.165) is 5.56 Å². The van der Waals surface area contributed by atoms with Crippen molar-refractivity contribution >= 4 is 5.78 Å². The number of Topliss-reactive ketones (excluding diaryl/α,β-unsaturated/α-hetero) is 1. The highest BCUT2D eigenvalue weighted by Crippen LogP contribution is 2.12. The molecule has 0 aromatic heterocycles. The first-order chi connectivity index (χ1) is 9.61. The summed E-state index contributed by atoms with van der Waals surface area (Å²) < 4.78 is 10.3. The fraction of sp³-hybridized carbons (Fsp3) is 0.562. The lowest BCUT2D eigenvalue weighted by atomic mass is 10.0. The topological polar surface area (TPSA) is 38.8 Å². The van der Waals surface area contributed by atoms with Crippen LogP contribution in [0, 0.1) is 0 Å². The first-order valence-corrected chi connectivity index (χ1v) is 6.94. The average molecular weight is 279 g/mol. The summed E-state index contributed by atoms with van der Waals surface area (Å²) in [6, 6.07) is 9.37. The molecule has 4 nitrogen and oxygen atoms in total. The summed E-state index contributed by atoms with van der Waals surface area (Å²) in [6.07, 6.45) is 0. The lowest BCUT2D eigenvalue weighted by molar-refractivity contribution is 0.0454. The van der Waals surface area contributed by atoms with Crippen LogP contribution >= 0.6 is 0 Å². The molecule has 4 heteroatoms. The molecule has 0 spiro atoms. The molecule has 0 amide bonds. The number of ether oxygens (including phenoxy) is 2. The van der Waals surface area contributed by atoms with Gasteiger partial charge in [-0.25, -0.2) is 0 Å². The summed E-state index contributed by atoms with van der Waals surface area (Å²) in [5.74, 6) is 0.129. The number of nitrogens with zero attached hydrogens (tertiary/aromatic N) is 1. The Labute approximate surface area is 121 Å². The highest BCUT2D eigenvalue weighted by atomic mass is 16.5.